The van der Waals surface area contributed by atoms with Crippen LogP contribution >= 0.6 is 0 Å². The van der Waals surface area contributed by atoms with E-state index in [-0.39, 0.29) is 18.1 Å². The molecule has 1 spiro atoms. The van der Waals surface area contributed by atoms with Crippen molar-refractivity contribution in [1.82, 2.24) is 0 Å². The number of ether oxygens (including phenoxy) is 3. The second kappa shape index (κ2) is 9.30. The summed E-state index contributed by atoms with van der Waals surface area (Å²) in [6.45, 7) is 10.3. The fraction of sp³-hybridized carbons (Fsp3) is 0.731. The summed E-state index contributed by atoms with van der Waals surface area (Å²) in [5, 5.41) is 23.0. The number of hydrogen-bond acceptors (Lipinski definition) is 7. The molecule has 1 heterocycles. The Bertz CT molecular complexity index is 862. The van der Waals surface area contributed by atoms with Gasteiger partial charge in [-0.05, 0) is 43.1 Å². The Balaban J connectivity index is 1.58. The van der Waals surface area contributed by atoms with Gasteiger partial charge in [0.25, 0.3) is 0 Å². The third kappa shape index (κ3) is 4.99. The molecule has 34 heavy (non-hydrogen) atoms. The van der Waals surface area contributed by atoms with Crippen molar-refractivity contribution in [3.8, 4) is 0 Å². The molecule has 2 aliphatic carbocycles. The summed E-state index contributed by atoms with van der Waals surface area (Å²) >= 11 is 0. The smallest absolute Gasteiger partial charge is 0.338 e. The highest BCUT2D eigenvalue weighted by Gasteiger charge is 2.62. The second-order valence-electron chi connectivity index (χ2n) is 11.7. The number of esters is 1. The van der Waals surface area contributed by atoms with Crippen molar-refractivity contribution in [2.24, 2.45) is 0 Å². The summed E-state index contributed by atoms with van der Waals surface area (Å²) in [7, 11) is -2.33. The van der Waals surface area contributed by atoms with Gasteiger partial charge < -0.3 is 28.8 Å². The second-order valence-corrected chi connectivity index (χ2v) is 16.5. The number of aliphatic hydroxyl groups excluding tert-OH is 1. The average molecular weight is 493 g/mol. The molecule has 0 radical (unpaired) electrons. The van der Waals surface area contributed by atoms with Crippen LogP contribution in [0.4, 0.5) is 0 Å². The van der Waals surface area contributed by atoms with Gasteiger partial charge in [0, 0.05) is 19.3 Å². The van der Waals surface area contributed by atoms with Crippen molar-refractivity contribution in [2.75, 3.05) is 6.61 Å². The van der Waals surface area contributed by atoms with E-state index in [4.69, 9.17) is 18.6 Å². The molecule has 5 atom stereocenters. The van der Waals surface area contributed by atoms with Crippen LogP contribution in [-0.4, -0.2) is 66.9 Å². The zero-order valence-corrected chi connectivity index (χ0v) is 22.1. The summed E-state index contributed by atoms with van der Waals surface area (Å²) in [6, 6.07) is 8.63. The lowest BCUT2D eigenvalue weighted by Gasteiger charge is -2.49. The largest absolute Gasteiger partial charge is 0.459 e. The minimum atomic E-state index is -2.33. The number of hydrogen-bond donors (Lipinski definition) is 2. The Kier molecular flexibility index (Phi) is 7.05. The summed E-state index contributed by atoms with van der Waals surface area (Å²) in [5.41, 5.74) is -1.31. The highest BCUT2D eigenvalue weighted by atomic mass is 28.4. The molecular weight excluding hydrogens is 452 g/mol. The first-order valence-electron chi connectivity index (χ1n) is 12.5. The molecular formula is C26H40O7Si. The van der Waals surface area contributed by atoms with Crippen LogP contribution in [0, 0.1) is 0 Å². The van der Waals surface area contributed by atoms with Crippen LogP contribution < -0.4 is 0 Å². The molecule has 0 amide bonds. The van der Waals surface area contributed by atoms with Crippen LogP contribution in [0.1, 0.15) is 69.7 Å². The molecule has 1 aromatic rings. The molecule has 2 N–H and O–H groups in total. The maximum absolute atomic E-state index is 12.6. The lowest BCUT2D eigenvalue weighted by molar-refractivity contribution is -0.208. The Morgan fingerprint density at radius 2 is 1.76 bits per heavy atom. The van der Waals surface area contributed by atoms with E-state index in [1.54, 1.807) is 24.3 Å². The van der Waals surface area contributed by atoms with Gasteiger partial charge in [-0.15, -0.1) is 0 Å². The van der Waals surface area contributed by atoms with Crippen LogP contribution in [0.25, 0.3) is 0 Å². The Morgan fingerprint density at radius 1 is 1.12 bits per heavy atom. The average Bonchev–Trinajstić information content (AvgIpc) is 3.12. The molecule has 190 valence electrons. The predicted octanol–water partition coefficient (Wildman–Crippen LogP) is 4.17. The zero-order valence-electron chi connectivity index (χ0n) is 21.1. The Labute approximate surface area is 203 Å². The molecule has 1 saturated heterocycles. The van der Waals surface area contributed by atoms with E-state index in [0.29, 0.717) is 5.56 Å². The molecule has 3 aliphatic rings. The minimum absolute atomic E-state index is 0.0977. The molecule has 3 fully saturated rings. The fourth-order valence-electron chi connectivity index (χ4n) is 5.05. The highest BCUT2D eigenvalue weighted by Crippen LogP contribution is 2.49. The lowest BCUT2D eigenvalue weighted by atomic mass is 9.77. The summed E-state index contributed by atoms with van der Waals surface area (Å²) in [4.78, 5) is 12.6. The van der Waals surface area contributed by atoms with E-state index in [2.05, 4.69) is 33.9 Å². The van der Waals surface area contributed by atoms with Gasteiger partial charge in [-0.25, -0.2) is 4.79 Å². The summed E-state index contributed by atoms with van der Waals surface area (Å²) < 4.78 is 25.1. The van der Waals surface area contributed by atoms with Crippen LogP contribution in [0.2, 0.25) is 18.1 Å². The van der Waals surface area contributed by atoms with Gasteiger partial charge in [-0.1, -0.05) is 45.4 Å². The summed E-state index contributed by atoms with van der Waals surface area (Å²) in [6.07, 6.45) is 1.91. The van der Waals surface area contributed by atoms with Crippen molar-refractivity contribution in [1.29, 1.82) is 0 Å². The predicted molar refractivity (Wildman–Crippen MR) is 130 cm³/mol. The van der Waals surface area contributed by atoms with Gasteiger partial charge in [-0.3, -0.25) is 0 Å². The SMILES string of the molecule is CC(C)(C)[Si](C)(C)O[C@@H]1[C@@H]2OC3(CCCCC3)O[C@@H]2C[C@](O)(COC(=O)c2ccccc2)[C@H]1O. The third-order valence-electron chi connectivity index (χ3n) is 8.14. The highest BCUT2D eigenvalue weighted by molar-refractivity contribution is 6.74. The number of carbonyl (C=O) groups is 1. The first-order valence-corrected chi connectivity index (χ1v) is 15.4. The molecule has 2 saturated carbocycles. The number of rotatable bonds is 5. The lowest BCUT2D eigenvalue weighted by Crippen LogP contribution is -2.66. The molecule has 1 aliphatic heterocycles. The van der Waals surface area contributed by atoms with Crippen LogP contribution in [0.5, 0.6) is 0 Å². The standard InChI is InChI=1S/C26H40O7Si/c1-24(2,3)34(4,5)33-21-20-19(31-26(32-20)14-10-7-11-15-26)16-25(29,22(21)27)17-30-23(28)18-12-8-6-9-13-18/h6,8-9,12-13,19-22,27,29H,7,10-11,14-17H2,1-5H3/t19-,20-,21-,22+,25+/m1/s1. The number of aliphatic hydroxyl groups is 2. The van der Waals surface area contributed by atoms with Crippen molar-refractivity contribution >= 4 is 14.3 Å². The Morgan fingerprint density at radius 3 is 2.38 bits per heavy atom. The number of fused-ring (bicyclic) bond motifs is 1. The van der Waals surface area contributed by atoms with E-state index in [9.17, 15) is 15.0 Å². The van der Waals surface area contributed by atoms with Crippen LogP contribution in [0.15, 0.2) is 30.3 Å². The molecule has 0 bridgehead atoms. The number of carbonyl (C=O) groups excluding carboxylic acids is 1. The third-order valence-corrected chi connectivity index (χ3v) is 12.6. The Hall–Kier alpha value is -1.29. The molecule has 0 aromatic heterocycles. The van der Waals surface area contributed by atoms with Gasteiger partial charge in [0.1, 0.15) is 30.5 Å². The molecule has 1 aromatic carbocycles. The first-order chi connectivity index (χ1) is 15.9. The van der Waals surface area contributed by atoms with Gasteiger partial charge >= 0.3 is 5.97 Å². The molecule has 4 rings (SSSR count). The van der Waals surface area contributed by atoms with Gasteiger partial charge in [0.15, 0.2) is 14.1 Å². The van der Waals surface area contributed by atoms with E-state index < -0.39 is 50.1 Å². The van der Waals surface area contributed by atoms with Crippen LogP contribution in [-0.2, 0) is 18.6 Å². The van der Waals surface area contributed by atoms with Crippen molar-refractivity contribution < 1.29 is 33.6 Å². The van der Waals surface area contributed by atoms with E-state index >= 15 is 0 Å². The van der Waals surface area contributed by atoms with E-state index in [1.165, 1.54) is 0 Å². The van der Waals surface area contributed by atoms with E-state index in [0.717, 1.165) is 32.1 Å². The van der Waals surface area contributed by atoms with Gasteiger partial charge in [0.2, 0.25) is 0 Å². The molecule has 8 heteroatoms. The normalized spacial score (nSPS) is 33.5. The maximum Gasteiger partial charge on any atom is 0.338 e. The van der Waals surface area contributed by atoms with E-state index in [1.807, 2.05) is 6.07 Å². The molecule has 7 nitrogen and oxygen atoms in total. The van der Waals surface area contributed by atoms with Gasteiger partial charge in [0.05, 0.1) is 11.7 Å². The van der Waals surface area contributed by atoms with Crippen molar-refractivity contribution in [2.45, 2.75) is 113 Å². The van der Waals surface area contributed by atoms with Gasteiger partial charge in [-0.2, -0.15) is 0 Å². The quantitative estimate of drug-likeness (QED) is 0.470. The first kappa shape index (κ1) is 25.8. The number of benzene rings is 1. The maximum atomic E-state index is 12.6. The fourth-order valence-corrected chi connectivity index (χ4v) is 6.35. The molecule has 0 unspecified atom stereocenters. The van der Waals surface area contributed by atoms with Crippen molar-refractivity contribution in [3.05, 3.63) is 35.9 Å². The summed E-state index contributed by atoms with van der Waals surface area (Å²) in [5.74, 6) is -1.23. The topological polar surface area (TPSA) is 94.5 Å². The monoisotopic (exact) mass is 492 g/mol. The van der Waals surface area contributed by atoms with Crippen molar-refractivity contribution in [3.63, 3.8) is 0 Å². The van der Waals surface area contributed by atoms with Crippen LogP contribution in [0.3, 0.4) is 0 Å². The minimum Gasteiger partial charge on any atom is -0.459 e. The zero-order chi connectivity index (χ0) is 24.8.